The Morgan fingerprint density at radius 2 is 1.83 bits per heavy atom. The van der Waals surface area contributed by atoms with Crippen LogP contribution in [0.3, 0.4) is 0 Å². The van der Waals surface area contributed by atoms with E-state index in [0.717, 1.165) is 6.29 Å². The van der Waals surface area contributed by atoms with Gasteiger partial charge in [0.1, 0.15) is 5.75 Å². The Balaban J connectivity index is 2.40. The number of carbonyl (C=O) groups excluding carboxylic acids is 1. The van der Waals surface area contributed by atoms with Gasteiger partial charge >= 0.3 is 0 Å². The fourth-order valence-electron chi connectivity index (χ4n) is 1.50. The molecular weight excluding hydrogens is 296 g/mol. The molecule has 0 atom stereocenters. The minimum atomic E-state index is 0.508. The van der Waals surface area contributed by atoms with Gasteiger partial charge in [-0.15, -0.1) is 0 Å². The maximum Gasteiger partial charge on any atom is 0.170 e. The van der Waals surface area contributed by atoms with Crippen LogP contribution in [0.15, 0.2) is 46.9 Å². The van der Waals surface area contributed by atoms with Gasteiger partial charge in [0, 0.05) is 10.0 Å². The van der Waals surface area contributed by atoms with Gasteiger partial charge in [0.25, 0.3) is 0 Å². The van der Waals surface area contributed by atoms with Crippen molar-refractivity contribution < 1.29 is 14.3 Å². The highest BCUT2D eigenvalue weighted by Crippen LogP contribution is 2.35. The van der Waals surface area contributed by atoms with Crippen LogP contribution in [0, 0.1) is 0 Å². The van der Waals surface area contributed by atoms with E-state index in [1.807, 2.05) is 30.3 Å². The van der Waals surface area contributed by atoms with Crippen LogP contribution in [-0.2, 0) is 0 Å². The summed E-state index contributed by atoms with van der Waals surface area (Å²) in [6, 6.07) is 12.7. The smallest absolute Gasteiger partial charge is 0.170 e. The predicted molar refractivity (Wildman–Crippen MR) is 72.6 cm³/mol. The summed E-state index contributed by atoms with van der Waals surface area (Å²) in [4.78, 5) is 10.9. The molecule has 0 unspecified atom stereocenters. The Hall–Kier alpha value is -1.81. The zero-order valence-electron chi connectivity index (χ0n) is 9.72. The van der Waals surface area contributed by atoms with Crippen LogP contribution in [0.1, 0.15) is 10.4 Å². The van der Waals surface area contributed by atoms with Crippen molar-refractivity contribution in [1.82, 2.24) is 0 Å². The summed E-state index contributed by atoms with van der Waals surface area (Å²) in [7, 11) is 1.56. The predicted octanol–water partition coefficient (Wildman–Crippen LogP) is 4.06. The molecular formula is C14H11BrO3. The number of hydrogen-bond donors (Lipinski definition) is 0. The zero-order chi connectivity index (χ0) is 13.0. The van der Waals surface area contributed by atoms with Crippen molar-refractivity contribution in [3.05, 3.63) is 52.5 Å². The maximum absolute atomic E-state index is 10.9. The van der Waals surface area contributed by atoms with Crippen molar-refractivity contribution in [2.45, 2.75) is 0 Å². The van der Waals surface area contributed by atoms with Crippen LogP contribution >= 0.6 is 15.9 Å². The lowest BCUT2D eigenvalue weighted by molar-refractivity contribution is 0.112. The number of ether oxygens (including phenoxy) is 2. The number of benzene rings is 2. The number of halogens is 1. The van der Waals surface area contributed by atoms with E-state index in [0.29, 0.717) is 27.3 Å². The molecule has 0 saturated heterocycles. The lowest BCUT2D eigenvalue weighted by Gasteiger charge is -2.11. The molecule has 0 aliphatic rings. The molecule has 0 heterocycles. The Morgan fingerprint density at radius 1 is 1.11 bits per heavy atom. The number of aldehydes is 1. The van der Waals surface area contributed by atoms with Crippen LogP contribution < -0.4 is 9.47 Å². The molecule has 0 saturated carbocycles. The molecule has 4 heteroatoms. The van der Waals surface area contributed by atoms with Crippen molar-refractivity contribution in [3.63, 3.8) is 0 Å². The van der Waals surface area contributed by atoms with Gasteiger partial charge < -0.3 is 9.47 Å². The summed E-state index contributed by atoms with van der Waals surface area (Å²) < 4.78 is 11.6. The Morgan fingerprint density at radius 3 is 2.44 bits per heavy atom. The fourth-order valence-corrected chi connectivity index (χ4v) is 1.91. The number of para-hydroxylation sites is 1. The van der Waals surface area contributed by atoms with Crippen LogP contribution in [0.2, 0.25) is 0 Å². The highest BCUT2D eigenvalue weighted by molar-refractivity contribution is 9.10. The topological polar surface area (TPSA) is 35.5 Å². The van der Waals surface area contributed by atoms with Crippen LogP contribution in [0.4, 0.5) is 0 Å². The molecule has 0 amide bonds. The largest absolute Gasteiger partial charge is 0.493 e. The van der Waals surface area contributed by atoms with E-state index in [-0.39, 0.29) is 0 Å². The summed E-state index contributed by atoms with van der Waals surface area (Å²) >= 11 is 3.30. The van der Waals surface area contributed by atoms with E-state index in [2.05, 4.69) is 15.9 Å². The second kappa shape index (κ2) is 5.69. The summed E-state index contributed by atoms with van der Waals surface area (Å²) in [5.74, 6) is 1.76. The van der Waals surface area contributed by atoms with E-state index >= 15 is 0 Å². The Labute approximate surface area is 113 Å². The van der Waals surface area contributed by atoms with Crippen molar-refractivity contribution in [3.8, 4) is 17.2 Å². The summed E-state index contributed by atoms with van der Waals surface area (Å²) in [5.41, 5.74) is 0.515. The maximum atomic E-state index is 10.9. The van der Waals surface area contributed by atoms with Gasteiger partial charge in [0.05, 0.1) is 7.11 Å². The second-order valence-electron chi connectivity index (χ2n) is 3.56. The SMILES string of the molecule is COc1cc(Br)c(C=O)cc1Oc1ccccc1. The van der Waals surface area contributed by atoms with E-state index in [1.165, 1.54) is 0 Å². The Bertz CT molecular complexity index is 552. The van der Waals surface area contributed by atoms with Crippen molar-refractivity contribution in [2.24, 2.45) is 0 Å². The molecule has 0 aliphatic carbocycles. The standard InChI is InChI=1S/C14H11BrO3/c1-17-13-8-12(15)10(9-16)7-14(13)18-11-5-3-2-4-6-11/h2-9H,1H3. The van der Waals surface area contributed by atoms with Crippen LogP contribution in [-0.4, -0.2) is 13.4 Å². The number of carbonyl (C=O) groups is 1. The van der Waals surface area contributed by atoms with E-state index in [1.54, 1.807) is 19.2 Å². The molecule has 2 aromatic carbocycles. The first-order chi connectivity index (χ1) is 8.74. The van der Waals surface area contributed by atoms with Crippen molar-refractivity contribution >= 4 is 22.2 Å². The first kappa shape index (κ1) is 12.6. The van der Waals surface area contributed by atoms with Gasteiger partial charge in [-0.25, -0.2) is 0 Å². The zero-order valence-corrected chi connectivity index (χ0v) is 11.3. The molecule has 0 spiro atoms. The third-order valence-electron chi connectivity index (χ3n) is 2.38. The average molecular weight is 307 g/mol. The van der Waals surface area contributed by atoms with Gasteiger partial charge in [0.15, 0.2) is 17.8 Å². The summed E-state index contributed by atoms with van der Waals surface area (Å²) in [6.07, 6.45) is 0.765. The molecule has 0 aromatic heterocycles. The van der Waals surface area contributed by atoms with Gasteiger partial charge in [-0.2, -0.15) is 0 Å². The molecule has 3 nitrogen and oxygen atoms in total. The second-order valence-corrected chi connectivity index (χ2v) is 4.41. The van der Waals surface area contributed by atoms with E-state index in [4.69, 9.17) is 9.47 Å². The molecule has 0 bridgehead atoms. The molecule has 0 fully saturated rings. The van der Waals surface area contributed by atoms with E-state index < -0.39 is 0 Å². The summed E-state index contributed by atoms with van der Waals surface area (Å²) in [5, 5.41) is 0. The molecule has 92 valence electrons. The number of hydrogen-bond acceptors (Lipinski definition) is 3. The highest BCUT2D eigenvalue weighted by Gasteiger charge is 2.10. The van der Waals surface area contributed by atoms with Gasteiger partial charge in [-0.3, -0.25) is 4.79 Å². The monoisotopic (exact) mass is 306 g/mol. The first-order valence-electron chi connectivity index (χ1n) is 5.30. The minimum Gasteiger partial charge on any atom is -0.493 e. The lowest BCUT2D eigenvalue weighted by Crippen LogP contribution is -1.93. The summed E-state index contributed by atoms with van der Waals surface area (Å²) in [6.45, 7) is 0. The van der Waals surface area contributed by atoms with E-state index in [9.17, 15) is 4.79 Å². The number of rotatable bonds is 4. The van der Waals surface area contributed by atoms with Crippen molar-refractivity contribution in [1.29, 1.82) is 0 Å². The third kappa shape index (κ3) is 2.71. The molecule has 0 radical (unpaired) electrons. The van der Waals surface area contributed by atoms with Crippen LogP contribution in [0.5, 0.6) is 17.2 Å². The normalized spacial score (nSPS) is 9.89. The van der Waals surface area contributed by atoms with Gasteiger partial charge in [-0.05, 0) is 40.2 Å². The van der Waals surface area contributed by atoms with Crippen LogP contribution in [0.25, 0.3) is 0 Å². The highest BCUT2D eigenvalue weighted by atomic mass is 79.9. The average Bonchev–Trinajstić information content (AvgIpc) is 2.41. The molecule has 2 rings (SSSR count). The molecule has 18 heavy (non-hydrogen) atoms. The molecule has 0 aliphatic heterocycles. The quantitative estimate of drug-likeness (QED) is 0.799. The third-order valence-corrected chi connectivity index (χ3v) is 3.07. The fraction of sp³-hybridized carbons (Fsp3) is 0.0714. The molecule has 0 N–H and O–H groups in total. The first-order valence-corrected chi connectivity index (χ1v) is 6.09. The van der Waals surface area contributed by atoms with Gasteiger partial charge in [-0.1, -0.05) is 18.2 Å². The number of methoxy groups -OCH3 is 1. The molecule has 2 aromatic rings. The lowest BCUT2D eigenvalue weighted by atomic mass is 10.2. The van der Waals surface area contributed by atoms with Crippen molar-refractivity contribution in [2.75, 3.05) is 7.11 Å². The minimum absolute atomic E-state index is 0.508. The van der Waals surface area contributed by atoms with Gasteiger partial charge in [0.2, 0.25) is 0 Å². The Kier molecular flexibility index (Phi) is 3.99.